The number of halogens is 2. The number of ether oxygens (including phenoxy) is 2. The number of esters is 1. The summed E-state index contributed by atoms with van der Waals surface area (Å²) in [4.78, 5) is 35.0. The van der Waals surface area contributed by atoms with E-state index >= 15 is 0 Å². The molecule has 7 nitrogen and oxygen atoms in total. The van der Waals surface area contributed by atoms with Crippen molar-refractivity contribution in [3.63, 3.8) is 0 Å². The van der Waals surface area contributed by atoms with Crippen molar-refractivity contribution in [3.05, 3.63) is 65.7 Å². The number of carbonyl (C=O) groups excluding carboxylic acids is 3. The van der Waals surface area contributed by atoms with Crippen molar-refractivity contribution in [2.75, 3.05) is 25.6 Å². The van der Waals surface area contributed by atoms with Crippen molar-refractivity contribution in [1.29, 1.82) is 0 Å². The molecule has 2 N–H and O–H groups in total. The summed E-state index contributed by atoms with van der Waals surface area (Å²) < 4.78 is 35.8. The Morgan fingerprint density at radius 1 is 1.03 bits per heavy atom. The first-order valence-electron chi connectivity index (χ1n) is 8.38. The fourth-order valence-electron chi connectivity index (χ4n) is 2.16. The molecule has 152 valence electrons. The van der Waals surface area contributed by atoms with Crippen molar-refractivity contribution in [2.45, 2.75) is 0 Å². The lowest BCUT2D eigenvalue weighted by atomic mass is 10.2. The summed E-state index contributed by atoms with van der Waals surface area (Å²) >= 11 is 0. The highest BCUT2D eigenvalue weighted by Crippen LogP contribution is 2.18. The molecule has 0 unspecified atom stereocenters. The Bertz CT molecular complexity index is 931. The molecule has 0 radical (unpaired) electrons. The lowest BCUT2D eigenvalue weighted by Crippen LogP contribution is -2.35. The van der Waals surface area contributed by atoms with E-state index in [1.165, 1.54) is 19.3 Å². The predicted octanol–water partition coefficient (Wildman–Crippen LogP) is 2.28. The minimum atomic E-state index is -1.11. The van der Waals surface area contributed by atoms with Crippen LogP contribution in [0.25, 0.3) is 6.08 Å². The Morgan fingerprint density at radius 3 is 2.52 bits per heavy atom. The largest absolute Gasteiger partial charge is 0.496 e. The molecule has 29 heavy (non-hydrogen) atoms. The van der Waals surface area contributed by atoms with Crippen molar-refractivity contribution in [3.8, 4) is 5.75 Å². The summed E-state index contributed by atoms with van der Waals surface area (Å²) in [6.07, 6.45) is 2.62. The second-order valence-corrected chi connectivity index (χ2v) is 5.64. The van der Waals surface area contributed by atoms with E-state index in [1.807, 2.05) is 0 Å². The van der Waals surface area contributed by atoms with Gasteiger partial charge >= 0.3 is 5.97 Å². The maximum absolute atomic E-state index is 13.1. The second kappa shape index (κ2) is 10.5. The predicted molar refractivity (Wildman–Crippen MR) is 101 cm³/mol. The number of rotatable bonds is 8. The smallest absolute Gasteiger partial charge is 0.331 e. The number of nitrogens with one attached hydrogen (secondary N) is 2. The average molecular weight is 404 g/mol. The fourth-order valence-corrected chi connectivity index (χ4v) is 2.16. The third-order valence-electron chi connectivity index (χ3n) is 3.53. The van der Waals surface area contributed by atoms with E-state index in [0.717, 1.165) is 18.2 Å². The van der Waals surface area contributed by atoms with Crippen molar-refractivity contribution >= 4 is 29.5 Å². The quantitative estimate of drug-likeness (QED) is 0.520. The first kappa shape index (κ1) is 21.5. The van der Waals surface area contributed by atoms with E-state index in [9.17, 15) is 23.2 Å². The van der Waals surface area contributed by atoms with Gasteiger partial charge in [-0.1, -0.05) is 18.2 Å². The van der Waals surface area contributed by atoms with E-state index < -0.39 is 42.6 Å². The van der Waals surface area contributed by atoms with Gasteiger partial charge in [-0.3, -0.25) is 9.59 Å². The third-order valence-corrected chi connectivity index (χ3v) is 3.53. The molecule has 2 aromatic rings. The highest BCUT2D eigenvalue weighted by Gasteiger charge is 2.10. The number of hydrogen-bond acceptors (Lipinski definition) is 5. The molecule has 0 fully saturated rings. The van der Waals surface area contributed by atoms with Crippen LogP contribution < -0.4 is 15.4 Å². The molecule has 0 aliphatic heterocycles. The van der Waals surface area contributed by atoms with Crippen LogP contribution >= 0.6 is 0 Å². The SMILES string of the molecule is COc1ccccc1/C=C/C(=O)OCC(=O)NCC(=O)Nc1ccc(F)c(F)c1. The van der Waals surface area contributed by atoms with Crippen molar-refractivity contribution in [2.24, 2.45) is 0 Å². The van der Waals surface area contributed by atoms with Gasteiger partial charge in [0.05, 0.1) is 13.7 Å². The molecule has 9 heteroatoms. The standard InChI is InChI=1S/C20H18F2N2O5/c1-28-17-5-3-2-4-13(17)6-9-20(27)29-12-19(26)23-11-18(25)24-14-7-8-15(21)16(22)10-14/h2-10H,11-12H2,1H3,(H,23,26)(H,24,25)/b9-6+. The number of carbonyl (C=O) groups is 3. The number of amides is 2. The molecule has 2 rings (SSSR count). The molecular weight excluding hydrogens is 386 g/mol. The van der Waals surface area contributed by atoms with Gasteiger partial charge in [0.25, 0.3) is 5.91 Å². The Hall–Kier alpha value is -3.75. The van der Waals surface area contributed by atoms with Crippen LogP contribution in [0, 0.1) is 11.6 Å². The van der Waals surface area contributed by atoms with E-state index in [0.29, 0.717) is 11.3 Å². The van der Waals surface area contributed by atoms with Gasteiger partial charge in [0.15, 0.2) is 18.2 Å². The second-order valence-electron chi connectivity index (χ2n) is 5.64. The summed E-state index contributed by atoms with van der Waals surface area (Å²) in [5.74, 6) is -3.70. The highest BCUT2D eigenvalue weighted by molar-refractivity contribution is 5.95. The molecule has 0 saturated heterocycles. The molecule has 0 atom stereocenters. The topological polar surface area (TPSA) is 93.7 Å². The number of para-hydroxylation sites is 1. The van der Waals surface area contributed by atoms with Gasteiger partial charge in [0.2, 0.25) is 5.91 Å². The first-order valence-corrected chi connectivity index (χ1v) is 8.38. The van der Waals surface area contributed by atoms with Crippen molar-refractivity contribution in [1.82, 2.24) is 5.32 Å². The van der Waals surface area contributed by atoms with Gasteiger partial charge in [-0.15, -0.1) is 0 Å². The molecular formula is C20H18F2N2O5. The average Bonchev–Trinajstić information content (AvgIpc) is 2.72. The number of anilines is 1. The Labute approximate surface area is 165 Å². The van der Waals surface area contributed by atoms with E-state index in [4.69, 9.17) is 9.47 Å². The minimum Gasteiger partial charge on any atom is -0.496 e. The van der Waals surface area contributed by atoms with Crippen LogP contribution in [0.15, 0.2) is 48.5 Å². The Morgan fingerprint density at radius 2 is 1.79 bits per heavy atom. The monoisotopic (exact) mass is 404 g/mol. The van der Waals surface area contributed by atoms with Crippen LogP contribution in [-0.4, -0.2) is 38.0 Å². The summed E-state index contributed by atoms with van der Waals surface area (Å²) in [6, 6.07) is 9.86. The summed E-state index contributed by atoms with van der Waals surface area (Å²) in [7, 11) is 1.50. The fraction of sp³-hybridized carbons (Fsp3) is 0.150. The summed E-state index contributed by atoms with van der Waals surface area (Å²) in [5.41, 5.74) is 0.696. The highest BCUT2D eigenvalue weighted by atomic mass is 19.2. The molecule has 0 aromatic heterocycles. The minimum absolute atomic E-state index is 0.0380. The summed E-state index contributed by atoms with van der Waals surface area (Å²) in [5, 5.41) is 4.52. The van der Waals surface area contributed by atoms with Gasteiger partial charge in [0.1, 0.15) is 5.75 Å². The first-order chi connectivity index (χ1) is 13.9. The number of methoxy groups -OCH3 is 1. The molecule has 0 bridgehead atoms. The Kier molecular flexibility index (Phi) is 7.84. The van der Waals surface area contributed by atoms with E-state index in [1.54, 1.807) is 24.3 Å². The van der Waals surface area contributed by atoms with Crippen LogP contribution in [0.2, 0.25) is 0 Å². The van der Waals surface area contributed by atoms with Gasteiger partial charge in [-0.2, -0.15) is 0 Å². The zero-order valence-electron chi connectivity index (χ0n) is 15.4. The van der Waals surface area contributed by atoms with Gasteiger partial charge in [-0.25, -0.2) is 13.6 Å². The zero-order valence-corrected chi connectivity index (χ0v) is 15.4. The van der Waals surface area contributed by atoms with Crippen LogP contribution in [0.3, 0.4) is 0 Å². The van der Waals surface area contributed by atoms with E-state index in [2.05, 4.69) is 10.6 Å². The number of hydrogen-bond donors (Lipinski definition) is 2. The summed E-state index contributed by atoms with van der Waals surface area (Å²) in [6.45, 7) is -1.03. The normalized spacial score (nSPS) is 10.4. The third kappa shape index (κ3) is 7.06. The maximum Gasteiger partial charge on any atom is 0.331 e. The maximum atomic E-state index is 13.1. The molecule has 2 amide bonds. The van der Waals surface area contributed by atoms with Crippen molar-refractivity contribution < 1.29 is 32.6 Å². The zero-order chi connectivity index (χ0) is 21.2. The molecule has 0 aliphatic rings. The van der Waals surface area contributed by atoms with Crippen LogP contribution in [0.1, 0.15) is 5.56 Å². The van der Waals surface area contributed by atoms with Crippen LogP contribution in [0.4, 0.5) is 14.5 Å². The molecule has 0 aliphatic carbocycles. The van der Waals surface area contributed by atoms with Gasteiger partial charge < -0.3 is 20.1 Å². The number of benzene rings is 2. The van der Waals surface area contributed by atoms with E-state index in [-0.39, 0.29) is 5.69 Å². The molecule has 2 aromatic carbocycles. The van der Waals surface area contributed by atoms with Gasteiger partial charge in [0, 0.05) is 23.4 Å². The lowest BCUT2D eigenvalue weighted by molar-refractivity contribution is -0.143. The van der Waals surface area contributed by atoms with Crippen LogP contribution in [-0.2, 0) is 19.1 Å². The molecule has 0 spiro atoms. The lowest BCUT2D eigenvalue weighted by Gasteiger charge is -2.07. The molecule has 0 saturated carbocycles. The Balaban J connectivity index is 1.73. The molecule has 0 heterocycles. The van der Waals surface area contributed by atoms with Crippen LogP contribution in [0.5, 0.6) is 5.75 Å². The van der Waals surface area contributed by atoms with Gasteiger partial charge in [-0.05, 0) is 24.3 Å².